The molecule has 1 aromatic rings. The van der Waals surface area contributed by atoms with Crippen LogP contribution in [-0.4, -0.2) is 56.7 Å². The van der Waals surface area contributed by atoms with Gasteiger partial charge in [0.25, 0.3) is 0 Å². The van der Waals surface area contributed by atoms with Crippen molar-refractivity contribution in [2.45, 2.75) is 24.4 Å². The Morgan fingerprint density at radius 1 is 1.33 bits per heavy atom. The van der Waals surface area contributed by atoms with E-state index in [1.54, 1.807) is 7.05 Å². The lowest BCUT2D eigenvalue weighted by Gasteiger charge is -2.21. The van der Waals surface area contributed by atoms with E-state index in [0.717, 1.165) is 24.4 Å². The molecule has 5 nitrogen and oxygen atoms in total. The third-order valence-electron chi connectivity index (χ3n) is 4.36. The molecule has 0 radical (unpaired) electrons. The van der Waals surface area contributed by atoms with E-state index in [0.29, 0.717) is 17.4 Å². The van der Waals surface area contributed by atoms with E-state index in [2.05, 4.69) is 43.7 Å². The van der Waals surface area contributed by atoms with E-state index in [9.17, 15) is 18.0 Å². The molecule has 2 N–H and O–H groups in total. The number of hydrogen-bond donors (Lipinski definition) is 2. The van der Waals surface area contributed by atoms with Gasteiger partial charge in [-0.15, -0.1) is 24.0 Å². The maximum absolute atomic E-state index is 12.3. The Morgan fingerprint density at radius 3 is 2.52 bits per heavy atom. The Balaban J connectivity index is 0.00000364. The monoisotopic (exact) mass is 562 g/mol. The molecule has 0 unspecified atom stereocenters. The topological polar surface area (TPSA) is 56.7 Å². The summed E-state index contributed by atoms with van der Waals surface area (Å²) in [6, 6.07) is 8.12. The zero-order chi connectivity index (χ0) is 19.4. The number of hydrogen-bond acceptors (Lipinski definition) is 2. The van der Waals surface area contributed by atoms with Crippen LogP contribution in [0.4, 0.5) is 13.2 Å². The SMILES string of the molecule is CN=C(NCC(=O)N(C)CC(F)(F)F)NCC1(c2cccc(Br)c2)CC1.I. The van der Waals surface area contributed by atoms with Crippen LogP contribution in [0.2, 0.25) is 0 Å². The van der Waals surface area contributed by atoms with Crippen LogP contribution >= 0.6 is 39.9 Å². The summed E-state index contributed by atoms with van der Waals surface area (Å²) in [5.74, 6) is -0.265. The highest BCUT2D eigenvalue weighted by atomic mass is 127. The van der Waals surface area contributed by atoms with Gasteiger partial charge < -0.3 is 15.5 Å². The maximum Gasteiger partial charge on any atom is 0.406 e. The number of aliphatic imine (C=N–C) groups is 1. The van der Waals surface area contributed by atoms with Crippen molar-refractivity contribution in [3.05, 3.63) is 34.3 Å². The first-order valence-corrected chi connectivity index (χ1v) is 8.96. The summed E-state index contributed by atoms with van der Waals surface area (Å²) in [6.07, 6.45) is -2.33. The lowest BCUT2D eigenvalue weighted by atomic mass is 9.96. The molecule has 0 spiro atoms. The lowest BCUT2D eigenvalue weighted by molar-refractivity contribution is -0.157. The molecule has 2 rings (SSSR count). The van der Waals surface area contributed by atoms with E-state index in [4.69, 9.17) is 0 Å². The zero-order valence-corrected chi connectivity index (χ0v) is 19.0. The first kappa shape index (κ1) is 24.0. The molecule has 1 fully saturated rings. The van der Waals surface area contributed by atoms with Gasteiger partial charge in [-0.25, -0.2) is 0 Å². The second-order valence-corrected chi connectivity index (χ2v) is 7.35. The van der Waals surface area contributed by atoms with Crippen LogP contribution in [0.5, 0.6) is 0 Å². The second kappa shape index (κ2) is 9.94. The number of benzene rings is 1. The molecular weight excluding hydrogens is 540 g/mol. The van der Waals surface area contributed by atoms with Crippen LogP contribution in [-0.2, 0) is 10.2 Å². The van der Waals surface area contributed by atoms with Crippen molar-refractivity contribution in [1.29, 1.82) is 0 Å². The minimum Gasteiger partial charge on any atom is -0.356 e. The van der Waals surface area contributed by atoms with E-state index in [1.807, 2.05) is 12.1 Å². The summed E-state index contributed by atoms with van der Waals surface area (Å²) in [5.41, 5.74) is 1.24. The fourth-order valence-electron chi connectivity index (χ4n) is 2.66. The number of carbonyl (C=O) groups is 1. The van der Waals surface area contributed by atoms with Crippen LogP contribution in [0, 0.1) is 0 Å². The van der Waals surface area contributed by atoms with Crippen LogP contribution in [0.15, 0.2) is 33.7 Å². The minimum absolute atomic E-state index is 0. The predicted molar refractivity (Wildman–Crippen MR) is 114 cm³/mol. The molecule has 1 aliphatic carbocycles. The van der Waals surface area contributed by atoms with Gasteiger partial charge in [-0.05, 0) is 30.5 Å². The van der Waals surface area contributed by atoms with Crippen LogP contribution in [0.1, 0.15) is 18.4 Å². The molecule has 0 saturated heterocycles. The molecule has 27 heavy (non-hydrogen) atoms. The van der Waals surface area contributed by atoms with Gasteiger partial charge in [-0.1, -0.05) is 28.1 Å². The molecule has 0 atom stereocenters. The molecule has 1 saturated carbocycles. The van der Waals surface area contributed by atoms with E-state index in [1.165, 1.54) is 5.56 Å². The summed E-state index contributed by atoms with van der Waals surface area (Å²) < 4.78 is 38.0. The van der Waals surface area contributed by atoms with Gasteiger partial charge in [-0.2, -0.15) is 13.2 Å². The molecule has 10 heteroatoms. The summed E-state index contributed by atoms with van der Waals surface area (Å²) in [6.45, 7) is -0.891. The molecule has 1 amide bonds. The van der Waals surface area contributed by atoms with Crippen molar-refractivity contribution in [2.75, 3.05) is 33.7 Å². The quantitative estimate of drug-likeness (QED) is 0.318. The first-order valence-electron chi connectivity index (χ1n) is 8.16. The lowest BCUT2D eigenvalue weighted by Crippen LogP contribution is -2.47. The molecule has 0 bridgehead atoms. The summed E-state index contributed by atoms with van der Waals surface area (Å²) >= 11 is 3.47. The third-order valence-corrected chi connectivity index (χ3v) is 4.85. The Labute approximate surface area is 182 Å². The van der Waals surface area contributed by atoms with Gasteiger partial charge in [0.15, 0.2) is 5.96 Å². The molecule has 1 aromatic carbocycles. The predicted octanol–water partition coefficient (Wildman–Crippen LogP) is 3.28. The van der Waals surface area contributed by atoms with Gasteiger partial charge in [0.2, 0.25) is 5.91 Å². The molecule has 1 aliphatic rings. The second-order valence-electron chi connectivity index (χ2n) is 6.43. The standard InChI is InChI=1S/C17H22BrF3N4O.HI/c1-22-15(23-9-14(26)25(2)11-17(19,20)21)24-10-16(6-7-16)12-4-3-5-13(18)8-12;/h3-5,8H,6-7,9-11H2,1-2H3,(H2,22,23,24);1H. The van der Waals surface area contributed by atoms with Crippen LogP contribution in [0.3, 0.4) is 0 Å². The summed E-state index contributed by atoms with van der Waals surface area (Å²) in [7, 11) is 2.68. The number of guanidine groups is 1. The van der Waals surface area contributed by atoms with Crippen molar-refractivity contribution in [3.8, 4) is 0 Å². The minimum atomic E-state index is -4.41. The number of carbonyl (C=O) groups excluding carboxylic acids is 1. The zero-order valence-electron chi connectivity index (χ0n) is 15.1. The van der Waals surface area contributed by atoms with Gasteiger partial charge in [0, 0.05) is 30.5 Å². The van der Waals surface area contributed by atoms with Crippen molar-refractivity contribution in [1.82, 2.24) is 15.5 Å². The Morgan fingerprint density at radius 2 is 2.00 bits per heavy atom. The van der Waals surface area contributed by atoms with Gasteiger partial charge in [0.1, 0.15) is 6.54 Å². The number of nitrogens with zero attached hydrogens (tertiary/aromatic N) is 2. The van der Waals surface area contributed by atoms with Gasteiger partial charge in [0.05, 0.1) is 6.54 Å². The Bertz CT molecular complexity index is 680. The highest BCUT2D eigenvalue weighted by Crippen LogP contribution is 2.48. The average Bonchev–Trinajstić information content (AvgIpc) is 3.34. The summed E-state index contributed by atoms with van der Waals surface area (Å²) in [4.78, 5) is 16.5. The number of amides is 1. The van der Waals surface area contributed by atoms with Crippen molar-refractivity contribution in [2.24, 2.45) is 4.99 Å². The molecule has 152 valence electrons. The van der Waals surface area contributed by atoms with Crippen molar-refractivity contribution < 1.29 is 18.0 Å². The maximum atomic E-state index is 12.3. The van der Waals surface area contributed by atoms with Gasteiger partial charge >= 0.3 is 6.18 Å². The number of halogens is 5. The molecule has 0 heterocycles. The van der Waals surface area contributed by atoms with Crippen LogP contribution in [0.25, 0.3) is 0 Å². The highest BCUT2D eigenvalue weighted by molar-refractivity contribution is 14.0. The highest BCUT2D eigenvalue weighted by Gasteiger charge is 2.44. The molecular formula is C17H23BrF3IN4O. The Kier molecular flexibility index (Phi) is 8.84. The average molecular weight is 563 g/mol. The largest absolute Gasteiger partial charge is 0.406 e. The van der Waals surface area contributed by atoms with Crippen molar-refractivity contribution >= 4 is 51.8 Å². The molecule has 0 aliphatic heterocycles. The number of rotatable bonds is 6. The normalized spacial score (nSPS) is 15.6. The number of alkyl halides is 3. The number of nitrogens with one attached hydrogen (secondary N) is 2. The fraction of sp³-hybridized carbons (Fsp3) is 0.529. The van der Waals surface area contributed by atoms with E-state index in [-0.39, 0.29) is 35.9 Å². The first-order chi connectivity index (χ1) is 12.1. The molecule has 0 aromatic heterocycles. The fourth-order valence-corrected chi connectivity index (χ4v) is 3.06. The summed E-state index contributed by atoms with van der Waals surface area (Å²) in [5, 5.41) is 5.93. The van der Waals surface area contributed by atoms with Crippen LogP contribution < -0.4 is 10.6 Å². The van der Waals surface area contributed by atoms with Gasteiger partial charge in [-0.3, -0.25) is 9.79 Å². The van der Waals surface area contributed by atoms with Crippen molar-refractivity contribution in [3.63, 3.8) is 0 Å². The van der Waals surface area contributed by atoms with E-state index < -0.39 is 18.6 Å². The smallest absolute Gasteiger partial charge is 0.356 e. The number of likely N-dealkylation sites (N-methyl/N-ethyl adjacent to an activating group) is 1. The third kappa shape index (κ3) is 7.47. The Hall–Kier alpha value is -1.04. The van der Waals surface area contributed by atoms with E-state index >= 15 is 0 Å².